The first-order chi connectivity index (χ1) is 18.5. The Balaban J connectivity index is 1.41. The molecule has 1 saturated heterocycles. The van der Waals surface area contributed by atoms with Crippen molar-refractivity contribution in [1.82, 2.24) is 29.4 Å². The molecule has 1 fully saturated rings. The number of alkyl halides is 3. The third kappa shape index (κ3) is 4.07. The lowest BCUT2D eigenvalue weighted by molar-refractivity contribution is -0.146. The first kappa shape index (κ1) is 25.1. The van der Waals surface area contributed by atoms with Crippen LogP contribution in [-0.4, -0.2) is 41.4 Å². The molecule has 2 atom stereocenters. The van der Waals surface area contributed by atoms with Gasteiger partial charge in [-0.25, -0.2) is 17.9 Å². The van der Waals surface area contributed by atoms with Gasteiger partial charge < -0.3 is 4.90 Å². The molecule has 0 aliphatic carbocycles. The van der Waals surface area contributed by atoms with E-state index in [0.717, 1.165) is 18.6 Å². The van der Waals surface area contributed by atoms with Crippen molar-refractivity contribution in [3.05, 3.63) is 82.8 Å². The summed E-state index contributed by atoms with van der Waals surface area (Å²) in [6, 6.07) is 8.34. The molecule has 4 heterocycles. The second-order valence-corrected chi connectivity index (χ2v) is 9.61. The number of hydrogen-bond acceptors (Lipinski definition) is 4. The highest BCUT2D eigenvalue weighted by Gasteiger charge is 2.46. The van der Waals surface area contributed by atoms with Crippen molar-refractivity contribution in [2.75, 3.05) is 0 Å². The van der Waals surface area contributed by atoms with Crippen LogP contribution >= 0.6 is 0 Å². The van der Waals surface area contributed by atoms with Crippen LogP contribution in [0.5, 0.6) is 0 Å². The predicted molar refractivity (Wildman–Crippen MR) is 125 cm³/mol. The molecule has 2 aliphatic rings. The maximum absolute atomic E-state index is 14.0. The van der Waals surface area contributed by atoms with E-state index in [0.29, 0.717) is 34.5 Å². The molecule has 0 saturated carbocycles. The van der Waals surface area contributed by atoms with Gasteiger partial charge in [-0.1, -0.05) is 18.2 Å². The Labute approximate surface area is 217 Å². The standard InChI is InChI=1S/C26H20F6N6O/c1-36-22(13-10-17(27)20(29)18(28)11-13)16-12-15-8-5-9-19(21(16)34-36)37(15)24(39)23-33-25(26(30,31)32)38(35-23)14-6-3-2-4-7-14/h2-4,6-7,10-11,15,19H,5,8-9,12H2,1H3/t15-,19+/m0/s1. The van der Waals surface area contributed by atoms with Gasteiger partial charge in [-0.15, -0.1) is 5.10 Å². The lowest BCUT2D eigenvalue weighted by Gasteiger charge is -2.44. The zero-order valence-corrected chi connectivity index (χ0v) is 20.4. The van der Waals surface area contributed by atoms with E-state index in [-0.39, 0.29) is 17.7 Å². The number of benzene rings is 2. The number of halogens is 6. The summed E-state index contributed by atoms with van der Waals surface area (Å²) in [6.45, 7) is 0. The van der Waals surface area contributed by atoms with E-state index in [9.17, 15) is 31.1 Å². The van der Waals surface area contributed by atoms with Crippen molar-refractivity contribution >= 4 is 5.91 Å². The van der Waals surface area contributed by atoms with Gasteiger partial charge in [0.1, 0.15) is 0 Å². The minimum atomic E-state index is -4.86. The summed E-state index contributed by atoms with van der Waals surface area (Å²) >= 11 is 0. The van der Waals surface area contributed by atoms with E-state index < -0.39 is 53.3 Å². The zero-order valence-electron chi connectivity index (χ0n) is 20.4. The Morgan fingerprint density at radius 1 is 1.00 bits per heavy atom. The molecule has 2 aromatic carbocycles. The number of carbonyl (C=O) groups excluding carboxylic acids is 1. The normalized spacial score (nSPS) is 18.8. The number of rotatable bonds is 3. The third-order valence-corrected chi connectivity index (χ3v) is 7.22. The fourth-order valence-corrected chi connectivity index (χ4v) is 5.65. The molecule has 1 amide bonds. The predicted octanol–water partition coefficient (Wildman–Crippen LogP) is 5.40. The van der Waals surface area contributed by atoms with Gasteiger partial charge in [0.05, 0.1) is 23.1 Å². The van der Waals surface area contributed by atoms with Crippen LogP contribution in [0.1, 0.15) is 53.0 Å². The van der Waals surface area contributed by atoms with Crippen LogP contribution in [0.25, 0.3) is 16.9 Å². The van der Waals surface area contributed by atoms with E-state index in [1.807, 2.05) is 0 Å². The summed E-state index contributed by atoms with van der Waals surface area (Å²) in [5.74, 6) is -6.93. The molecule has 0 spiro atoms. The summed E-state index contributed by atoms with van der Waals surface area (Å²) in [5, 5.41) is 8.48. The Morgan fingerprint density at radius 2 is 1.69 bits per heavy atom. The van der Waals surface area contributed by atoms with Gasteiger partial charge >= 0.3 is 6.18 Å². The fraction of sp³-hybridized carbons (Fsp3) is 0.308. The number of fused-ring (bicyclic) bond motifs is 4. The van der Waals surface area contributed by atoms with Crippen LogP contribution < -0.4 is 0 Å². The Morgan fingerprint density at radius 3 is 2.36 bits per heavy atom. The van der Waals surface area contributed by atoms with E-state index in [4.69, 9.17) is 0 Å². The van der Waals surface area contributed by atoms with Gasteiger partial charge in [0.2, 0.25) is 11.6 Å². The monoisotopic (exact) mass is 546 g/mol. The van der Waals surface area contributed by atoms with Crippen molar-refractivity contribution in [2.45, 2.75) is 43.9 Å². The molecule has 4 aromatic rings. The summed E-state index contributed by atoms with van der Waals surface area (Å²) in [7, 11) is 1.57. The minimum Gasteiger partial charge on any atom is -0.324 e. The van der Waals surface area contributed by atoms with Crippen molar-refractivity contribution in [1.29, 1.82) is 0 Å². The van der Waals surface area contributed by atoms with Crippen LogP contribution in [0.2, 0.25) is 0 Å². The van der Waals surface area contributed by atoms with Gasteiger partial charge in [0.25, 0.3) is 5.91 Å². The SMILES string of the molecule is Cn1nc2c(c1-c1cc(F)c(F)c(F)c1)C[C@@H]1CCC[C@H]2N1C(=O)c1nc(C(F)(F)F)n(-c2ccccc2)n1. The van der Waals surface area contributed by atoms with Gasteiger partial charge in [-0.2, -0.15) is 23.3 Å². The van der Waals surface area contributed by atoms with Crippen LogP contribution in [0.3, 0.4) is 0 Å². The number of carbonyl (C=O) groups is 1. The quantitative estimate of drug-likeness (QED) is 0.255. The average Bonchev–Trinajstić information content (AvgIpc) is 3.49. The van der Waals surface area contributed by atoms with E-state index in [2.05, 4.69) is 15.2 Å². The number of piperidine rings is 1. The topological polar surface area (TPSA) is 68.8 Å². The highest BCUT2D eigenvalue weighted by molar-refractivity contribution is 5.91. The zero-order chi connectivity index (χ0) is 27.6. The molecule has 2 aliphatic heterocycles. The number of para-hydroxylation sites is 1. The minimum absolute atomic E-state index is 0.0959. The second kappa shape index (κ2) is 8.95. The molecular weight excluding hydrogens is 526 g/mol. The summed E-state index contributed by atoms with van der Waals surface area (Å²) < 4.78 is 85.2. The van der Waals surface area contributed by atoms with Crippen LogP contribution in [0.15, 0.2) is 42.5 Å². The fourth-order valence-electron chi connectivity index (χ4n) is 5.65. The lowest BCUT2D eigenvalue weighted by atomic mass is 9.81. The number of nitrogens with zero attached hydrogens (tertiary/aromatic N) is 6. The largest absolute Gasteiger partial charge is 0.451 e. The lowest BCUT2D eigenvalue weighted by Crippen LogP contribution is -2.50. The first-order valence-electron chi connectivity index (χ1n) is 12.2. The van der Waals surface area contributed by atoms with Gasteiger partial charge in [0, 0.05) is 24.2 Å². The van der Waals surface area contributed by atoms with Gasteiger partial charge in [-0.3, -0.25) is 9.48 Å². The maximum atomic E-state index is 14.0. The van der Waals surface area contributed by atoms with Gasteiger partial charge in [0.15, 0.2) is 17.5 Å². The maximum Gasteiger partial charge on any atom is 0.451 e. The second-order valence-electron chi connectivity index (χ2n) is 9.61. The van der Waals surface area contributed by atoms with E-state index in [1.165, 1.54) is 21.7 Å². The van der Waals surface area contributed by atoms with Crippen molar-refractivity contribution in [3.8, 4) is 16.9 Å². The summed E-state index contributed by atoms with van der Waals surface area (Å²) in [4.78, 5) is 18.8. The highest BCUT2D eigenvalue weighted by Crippen LogP contribution is 2.45. The molecule has 0 N–H and O–H groups in total. The Hall–Kier alpha value is -4.16. The van der Waals surface area contributed by atoms with Crippen LogP contribution in [-0.2, 0) is 19.6 Å². The average molecular weight is 546 g/mol. The van der Waals surface area contributed by atoms with E-state index in [1.54, 1.807) is 25.2 Å². The highest BCUT2D eigenvalue weighted by atomic mass is 19.4. The molecule has 6 rings (SSSR count). The number of aromatic nitrogens is 5. The van der Waals surface area contributed by atoms with Crippen molar-refractivity contribution < 1.29 is 31.1 Å². The van der Waals surface area contributed by atoms with Crippen LogP contribution in [0, 0.1) is 17.5 Å². The summed E-state index contributed by atoms with van der Waals surface area (Å²) in [5.41, 5.74) is 1.71. The molecule has 13 heteroatoms. The molecule has 202 valence electrons. The van der Waals surface area contributed by atoms with Crippen molar-refractivity contribution in [3.63, 3.8) is 0 Å². The van der Waals surface area contributed by atoms with E-state index >= 15 is 0 Å². The Kier molecular flexibility index (Phi) is 5.77. The molecule has 2 bridgehead atoms. The smallest absolute Gasteiger partial charge is 0.324 e. The molecule has 0 unspecified atom stereocenters. The number of hydrogen-bond donors (Lipinski definition) is 0. The van der Waals surface area contributed by atoms with Crippen LogP contribution in [0.4, 0.5) is 26.3 Å². The number of aryl methyl sites for hydroxylation is 1. The third-order valence-electron chi connectivity index (χ3n) is 7.22. The molecule has 2 aromatic heterocycles. The van der Waals surface area contributed by atoms with Crippen molar-refractivity contribution in [2.24, 2.45) is 7.05 Å². The van der Waals surface area contributed by atoms with Gasteiger partial charge in [-0.05, 0) is 49.9 Å². The molecule has 0 radical (unpaired) electrons. The molecule has 7 nitrogen and oxygen atoms in total. The first-order valence-corrected chi connectivity index (χ1v) is 12.2. The summed E-state index contributed by atoms with van der Waals surface area (Å²) in [6.07, 6.45) is -2.85. The number of amides is 1. The molecule has 39 heavy (non-hydrogen) atoms. The Bertz CT molecular complexity index is 1570. The molecular formula is C26H20F6N6O.